The molecule has 0 unspecified atom stereocenters. The molecule has 4 rings (SSSR count). The fourth-order valence-electron chi connectivity index (χ4n) is 6.47. The van der Waals surface area contributed by atoms with Gasteiger partial charge in [0.15, 0.2) is 0 Å². The van der Waals surface area contributed by atoms with Gasteiger partial charge < -0.3 is 9.84 Å². The lowest BCUT2D eigenvalue weighted by atomic mass is 9.70. The first-order valence-corrected chi connectivity index (χ1v) is 14.3. The molecule has 1 N–H and O–H groups in total. The highest BCUT2D eigenvalue weighted by atomic mass is 16.5. The van der Waals surface area contributed by atoms with Crippen LogP contribution >= 0.6 is 0 Å². The zero-order valence-corrected chi connectivity index (χ0v) is 21.9. The molecule has 2 aromatic rings. The first-order valence-electron chi connectivity index (χ1n) is 14.3. The fourth-order valence-corrected chi connectivity index (χ4v) is 6.47. The van der Waals surface area contributed by atoms with Crippen molar-refractivity contribution in [2.24, 2.45) is 11.8 Å². The number of aliphatic hydroxyl groups is 1. The van der Waals surface area contributed by atoms with Gasteiger partial charge in [-0.1, -0.05) is 81.1 Å². The summed E-state index contributed by atoms with van der Waals surface area (Å²) in [7, 11) is 0. The Morgan fingerprint density at radius 1 is 0.833 bits per heavy atom. The van der Waals surface area contributed by atoms with Crippen molar-refractivity contribution >= 4 is 5.97 Å². The smallest absolute Gasteiger partial charge is 0.330 e. The minimum absolute atomic E-state index is 0.181. The van der Waals surface area contributed by atoms with E-state index in [0.29, 0.717) is 0 Å². The van der Waals surface area contributed by atoms with Crippen LogP contribution < -0.4 is 0 Å². The second-order valence-electron chi connectivity index (χ2n) is 11.0. The highest BCUT2D eigenvalue weighted by Gasteiger charge is 2.29. The average Bonchev–Trinajstić information content (AvgIpc) is 2.95. The van der Waals surface area contributed by atoms with Gasteiger partial charge in [-0.3, -0.25) is 0 Å². The van der Waals surface area contributed by atoms with Crippen LogP contribution in [0.4, 0.5) is 0 Å². The van der Waals surface area contributed by atoms with Crippen molar-refractivity contribution in [3.05, 3.63) is 82.9 Å². The summed E-state index contributed by atoms with van der Waals surface area (Å²) in [4.78, 5) is 11.6. The monoisotopic (exact) mass is 488 g/mol. The lowest BCUT2D eigenvalue weighted by Crippen LogP contribution is -2.23. The fraction of sp³-hybridized carbons (Fsp3) is 0.545. The molecule has 194 valence electrons. The maximum Gasteiger partial charge on any atom is 0.330 e. The number of aryl methyl sites for hydroxylation is 3. The van der Waals surface area contributed by atoms with Gasteiger partial charge in [-0.2, -0.15) is 0 Å². The molecule has 0 atom stereocenters. The van der Waals surface area contributed by atoms with Gasteiger partial charge in [0.05, 0.1) is 0 Å². The van der Waals surface area contributed by atoms with E-state index in [9.17, 15) is 4.79 Å². The van der Waals surface area contributed by atoms with E-state index in [-0.39, 0.29) is 13.2 Å². The lowest BCUT2D eigenvalue weighted by molar-refractivity contribution is -0.138. The van der Waals surface area contributed by atoms with Gasteiger partial charge in [-0.25, -0.2) is 4.79 Å². The van der Waals surface area contributed by atoms with Crippen molar-refractivity contribution < 1.29 is 14.6 Å². The number of rotatable bonds is 11. The predicted octanol–water partition coefficient (Wildman–Crippen LogP) is 7.48. The summed E-state index contributed by atoms with van der Waals surface area (Å²) in [6.45, 7) is 3.93. The highest BCUT2D eigenvalue weighted by Crippen LogP contribution is 2.42. The topological polar surface area (TPSA) is 46.5 Å². The van der Waals surface area contributed by atoms with Crippen molar-refractivity contribution in [1.29, 1.82) is 0 Å². The Labute approximate surface area is 218 Å². The number of benzene rings is 2. The van der Waals surface area contributed by atoms with E-state index in [1.807, 2.05) is 0 Å². The van der Waals surface area contributed by atoms with E-state index in [0.717, 1.165) is 49.0 Å². The van der Waals surface area contributed by atoms with E-state index in [1.54, 1.807) is 0 Å². The Morgan fingerprint density at radius 2 is 1.53 bits per heavy atom. The first-order chi connectivity index (χ1) is 17.7. The van der Waals surface area contributed by atoms with Crippen LogP contribution in [0.15, 0.2) is 55.1 Å². The highest BCUT2D eigenvalue weighted by molar-refractivity contribution is 5.81. The standard InChI is InChI=1S/C33H44O3/c1-2-33(35)36-24-32-23-26(7-6-22-34)13-17-31(32)16-12-25-10-14-28(15-11-25)30-20-18-29(19-21-30)27-8-4-3-5-9-27/h2,10-11,13-15,17,23,27,29-30,34H,1,3-9,12,16,18-22,24H2. The normalized spacial score (nSPS) is 20.7. The van der Waals surface area contributed by atoms with Crippen LogP contribution in [0, 0.1) is 11.8 Å². The molecule has 0 radical (unpaired) electrons. The van der Waals surface area contributed by atoms with E-state index >= 15 is 0 Å². The van der Waals surface area contributed by atoms with Gasteiger partial charge in [-0.05, 0) is 96.9 Å². The molecule has 0 heterocycles. The molecular weight excluding hydrogens is 444 g/mol. The molecule has 2 saturated carbocycles. The molecule has 2 aliphatic rings. The molecule has 3 nitrogen and oxygen atoms in total. The van der Waals surface area contributed by atoms with Crippen molar-refractivity contribution in [1.82, 2.24) is 0 Å². The third kappa shape index (κ3) is 7.56. The first kappa shape index (κ1) is 26.7. The van der Waals surface area contributed by atoms with Crippen LogP contribution in [0.1, 0.15) is 97.9 Å². The molecule has 3 heteroatoms. The summed E-state index contributed by atoms with van der Waals surface area (Å²) in [6.07, 6.45) is 17.5. The Morgan fingerprint density at radius 3 is 2.22 bits per heavy atom. The van der Waals surface area contributed by atoms with E-state index in [2.05, 4.69) is 49.0 Å². The zero-order chi connectivity index (χ0) is 25.2. The Balaban J connectivity index is 1.32. The molecule has 0 aliphatic heterocycles. The molecule has 2 aliphatic carbocycles. The summed E-state index contributed by atoms with van der Waals surface area (Å²) in [5.41, 5.74) is 6.30. The van der Waals surface area contributed by atoms with Crippen molar-refractivity contribution in [2.45, 2.75) is 96.0 Å². The van der Waals surface area contributed by atoms with Gasteiger partial charge >= 0.3 is 5.97 Å². The number of ether oxygens (including phenoxy) is 1. The summed E-state index contributed by atoms with van der Waals surface area (Å²) >= 11 is 0. The zero-order valence-electron chi connectivity index (χ0n) is 21.9. The van der Waals surface area contributed by atoms with E-state index in [1.165, 1.54) is 86.1 Å². The van der Waals surface area contributed by atoms with E-state index < -0.39 is 5.97 Å². The maximum atomic E-state index is 11.6. The van der Waals surface area contributed by atoms with Crippen LogP contribution in [-0.2, 0) is 35.4 Å². The van der Waals surface area contributed by atoms with Gasteiger partial charge in [0.25, 0.3) is 0 Å². The summed E-state index contributed by atoms with van der Waals surface area (Å²) in [5, 5.41) is 9.16. The minimum atomic E-state index is -0.398. The van der Waals surface area contributed by atoms with Gasteiger partial charge in [-0.15, -0.1) is 0 Å². The molecule has 0 aromatic heterocycles. The van der Waals surface area contributed by atoms with Crippen LogP contribution in [0.3, 0.4) is 0 Å². The number of hydrogen-bond donors (Lipinski definition) is 1. The maximum absolute atomic E-state index is 11.6. The Bertz CT molecular complexity index is 963. The summed E-state index contributed by atoms with van der Waals surface area (Å²) in [5.74, 6) is 2.33. The molecule has 0 spiro atoms. The van der Waals surface area contributed by atoms with Crippen molar-refractivity contribution in [3.8, 4) is 0 Å². The third-order valence-electron chi connectivity index (χ3n) is 8.65. The average molecular weight is 489 g/mol. The van der Waals surface area contributed by atoms with Crippen molar-refractivity contribution in [2.75, 3.05) is 6.61 Å². The molecule has 0 amide bonds. The number of carbonyl (C=O) groups is 1. The second kappa shape index (κ2) is 13.8. The quantitative estimate of drug-likeness (QED) is 0.263. The molecule has 36 heavy (non-hydrogen) atoms. The van der Waals surface area contributed by atoms with Gasteiger partial charge in [0.1, 0.15) is 6.61 Å². The van der Waals surface area contributed by atoms with Crippen LogP contribution in [0.5, 0.6) is 0 Å². The third-order valence-corrected chi connectivity index (χ3v) is 8.65. The number of carbonyl (C=O) groups excluding carboxylic acids is 1. The molecule has 0 saturated heterocycles. The molecular formula is C33H44O3. The summed E-state index contributed by atoms with van der Waals surface area (Å²) < 4.78 is 5.35. The van der Waals surface area contributed by atoms with E-state index in [4.69, 9.17) is 9.84 Å². The number of aliphatic hydroxyl groups excluding tert-OH is 1. The second-order valence-corrected chi connectivity index (χ2v) is 11.0. The van der Waals surface area contributed by atoms with Gasteiger partial charge in [0.2, 0.25) is 0 Å². The number of esters is 1. The Kier molecular flexibility index (Phi) is 10.2. The number of hydrogen-bond acceptors (Lipinski definition) is 3. The van der Waals surface area contributed by atoms with Gasteiger partial charge in [0, 0.05) is 12.7 Å². The lowest BCUT2D eigenvalue weighted by Gasteiger charge is -2.36. The molecule has 0 bridgehead atoms. The Hall–Kier alpha value is -2.39. The van der Waals surface area contributed by atoms with Crippen LogP contribution in [-0.4, -0.2) is 17.7 Å². The summed E-state index contributed by atoms with van der Waals surface area (Å²) in [6, 6.07) is 15.8. The molecule has 2 fully saturated rings. The predicted molar refractivity (Wildman–Crippen MR) is 147 cm³/mol. The van der Waals surface area contributed by atoms with Crippen LogP contribution in [0.2, 0.25) is 0 Å². The largest absolute Gasteiger partial charge is 0.458 e. The van der Waals surface area contributed by atoms with Crippen LogP contribution in [0.25, 0.3) is 0 Å². The van der Waals surface area contributed by atoms with Crippen molar-refractivity contribution in [3.63, 3.8) is 0 Å². The minimum Gasteiger partial charge on any atom is -0.458 e. The molecule has 2 aromatic carbocycles. The SMILES string of the molecule is C=CC(=O)OCc1cc(CCCO)ccc1CCc1ccc(C2CCC(C3CCCCC3)CC2)cc1.